The van der Waals surface area contributed by atoms with E-state index in [0.29, 0.717) is 21.6 Å². The van der Waals surface area contributed by atoms with Crippen molar-refractivity contribution in [2.24, 2.45) is 0 Å². The molecule has 0 aliphatic carbocycles. The van der Waals surface area contributed by atoms with Crippen LogP contribution in [0.5, 0.6) is 0 Å². The van der Waals surface area contributed by atoms with E-state index in [0.717, 1.165) is 0 Å². The first-order valence-electron chi connectivity index (χ1n) is 8.17. The Morgan fingerprint density at radius 2 is 0.893 bits per heavy atom. The van der Waals surface area contributed by atoms with Gasteiger partial charge in [0.1, 0.15) is 0 Å². The van der Waals surface area contributed by atoms with Crippen LogP contribution in [-0.2, 0) is 19.2 Å². The molecule has 154 valence electrons. The van der Waals surface area contributed by atoms with Crippen LogP contribution in [0.4, 0.5) is 0 Å². The summed E-state index contributed by atoms with van der Waals surface area (Å²) in [5.74, 6) is -2.82. The van der Waals surface area contributed by atoms with Gasteiger partial charge in [-0.05, 0) is 71.6 Å². The summed E-state index contributed by atoms with van der Waals surface area (Å²) >= 11 is 0. The number of rotatable bonds is 13. The summed E-state index contributed by atoms with van der Waals surface area (Å²) in [6, 6.07) is 0. The fourth-order valence-electron chi connectivity index (χ4n) is 1.84. The Hall–Kier alpha value is -1.74. The van der Waals surface area contributed by atoms with Gasteiger partial charge in [-0.2, -0.15) is 0 Å². The molecule has 0 radical (unpaired) electrons. The lowest BCUT2D eigenvalue weighted by Gasteiger charge is -2.30. The van der Waals surface area contributed by atoms with Gasteiger partial charge in [0.15, 0.2) is 21.4 Å². The number of carbonyl (C=O) groups excluding carboxylic acids is 4. The van der Waals surface area contributed by atoms with Crippen LogP contribution >= 0.6 is 21.6 Å². The highest BCUT2D eigenvalue weighted by Crippen LogP contribution is 2.47. The summed E-state index contributed by atoms with van der Waals surface area (Å²) in [6.07, 6.45) is -1.26. The van der Waals surface area contributed by atoms with Crippen LogP contribution in [0.25, 0.3) is 0 Å². The fourth-order valence-corrected chi connectivity index (χ4v) is 4.63. The van der Waals surface area contributed by atoms with Crippen LogP contribution in [0.1, 0.15) is 40.5 Å². The van der Waals surface area contributed by atoms with Crippen LogP contribution in [-0.4, -0.2) is 43.2 Å². The Bertz CT molecular complexity index is 703. The van der Waals surface area contributed by atoms with Gasteiger partial charge in [0.2, 0.25) is 11.6 Å². The molecule has 0 rings (SSSR count). The number of Topliss-reactive ketones (excluding diaryl/α,β-unsaturated/α-hetero) is 4. The Morgan fingerprint density at radius 3 is 1.07 bits per heavy atom. The van der Waals surface area contributed by atoms with E-state index in [-0.39, 0.29) is 22.3 Å². The zero-order valence-corrected chi connectivity index (χ0v) is 18.2. The molecule has 2 unspecified atom stereocenters. The second-order valence-electron chi connectivity index (χ2n) is 6.71. The van der Waals surface area contributed by atoms with Crippen LogP contribution in [0.3, 0.4) is 0 Å². The first kappa shape index (κ1) is 26.3. The highest BCUT2D eigenvalue weighted by Gasteiger charge is 2.46. The van der Waals surface area contributed by atoms with E-state index in [1.54, 1.807) is 0 Å². The summed E-state index contributed by atoms with van der Waals surface area (Å²) in [4.78, 5) is 44.4. The van der Waals surface area contributed by atoms with Gasteiger partial charge in [-0.25, -0.2) is 0 Å². The van der Waals surface area contributed by atoms with Crippen molar-refractivity contribution in [3.8, 4) is 0 Å². The van der Waals surface area contributed by atoms with Gasteiger partial charge in [0.25, 0.3) is 0 Å². The maximum absolute atomic E-state index is 12.4. The quantitative estimate of drug-likeness (QED) is 0.263. The number of allylic oxidation sites excluding steroid dienone is 2. The zero-order chi connectivity index (χ0) is 22.4. The Kier molecular flexibility index (Phi) is 9.52. The Morgan fingerprint density at radius 1 is 0.643 bits per heavy atom. The highest BCUT2D eigenvalue weighted by molar-refractivity contribution is 8.77. The van der Waals surface area contributed by atoms with E-state index >= 15 is 0 Å². The summed E-state index contributed by atoms with van der Waals surface area (Å²) < 4.78 is 0. The van der Waals surface area contributed by atoms with E-state index in [2.05, 4.69) is 26.3 Å². The topological polar surface area (TPSA) is 109 Å². The summed E-state index contributed by atoms with van der Waals surface area (Å²) in [7, 11) is 0.837. The Labute approximate surface area is 173 Å². The molecule has 0 saturated heterocycles. The third-order valence-corrected chi connectivity index (χ3v) is 6.75. The van der Waals surface area contributed by atoms with E-state index in [1.807, 2.05) is 0 Å². The van der Waals surface area contributed by atoms with Crippen LogP contribution in [0.2, 0.25) is 0 Å². The summed E-state index contributed by atoms with van der Waals surface area (Å²) in [6.45, 7) is 19.5. The molecule has 28 heavy (non-hydrogen) atoms. The van der Waals surface area contributed by atoms with Crippen molar-refractivity contribution in [2.75, 3.05) is 0 Å². The van der Waals surface area contributed by atoms with E-state index in [1.165, 1.54) is 27.7 Å². The molecule has 0 aliphatic heterocycles. The zero-order valence-electron chi connectivity index (χ0n) is 16.6. The minimum absolute atomic E-state index is 0.0158. The number of aliphatic hydroxyl groups is 2. The summed E-state index contributed by atoms with van der Waals surface area (Å²) in [5.41, 5.74) is 0.226. The lowest BCUT2D eigenvalue weighted by Crippen LogP contribution is -2.41. The van der Waals surface area contributed by atoms with Crippen molar-refractivity contribution in [1.29, 1.82) is 0 Å². The van der Waals surface area contributed by atoms with Crippen LogP contribution in [0, 0.1) is 0 Å². The molecule has 8 heteroatoms. The predicted octanol–water partition coefficient (Wildman–Crippen LogP) is 3.11. The minimum Gasteiger partial charge on any atom is -0.371 e. The van der Waals surface area contributed by atoms with E-state index < -0.39 is 45.8 Å². The second-order valence-corrected chi connectivity index (χ2v) is 9.40. The van der Waals surface area contributed by atoms with Gasteiger partial charge in [-0.3, -0.25) is 19.2 Å². The van der Waals surface area contributed by atoms with Crippen molar-refractivity contribution in [2.45, 2.75) is 50.4 Å². The molecule has 0 aromatic carbocycles. The molecule has 0 fully saturated rings. The van der Waals surface area contributed by atoms with Gasteiger partial charge in [-0.1, -0.05) is 26.3 Å². The number of hydrogen-bond donors (Lipinski definition) is 2. The molecule has 0 spiro atoms. The Balaban J connectivity index is 5.91. The van der Waals surface area contributed by atoms with Crippen molar-refractivity contribution in [1.82, 2.24) is 0 Å². The third-order valence-electron chi connectivity index (χ3n) is 3.55. The lowest BCUT2D eigenvalue weighted by atomic mass is 10.0. The van der Waals surface area contributed by atoms with Gasteiger partial charge < -0.3 is 10.2 Å². The normalized spacial score (nSPS) is 14.9. The molecule has 2 atom stereocenters. The maximum Gasteiger partial charge on any atom is 0.201 e. The van der Waals surface area contributed by atoms with Crippen molar-refractivity contribution < 1.29 is 29.4 Å². The molecule has 0 saturated carbocycles. The molecule has 0 bridgehead atoms. The molecule has 0 aromatic heterocycles. The molecule has 0 aliphatic rings. The van der Waals surface area contributed by atoms with Crippen LogP contribution < -0.4 is 0 Å². The molecule has 0 aromatic rings. The van der Waals surface area contributed by atoms with Crippen molar-refractivity contribution in [3.63, 3.8) is 0 Å². The molecule has 2 N–H and O–H groups in total. The van der Waals surface area contributed by atoms with E-state index in [9.17, 15) is 29.4 Å². The smallest absolute Gasteiger partial charge is 0.201 e. The van der Waals surface area contributed by atoms with Gasteiger partial charge >= 0.3 is 0 Å². The molecule has 6 nitrogen and oxygen atoms in total. The average Bonchev–Trinajstić information content (AvgIpc) is 2.58. The number of ketones is 4. The van der Waals surface area contributed by atoms with Gasteiger partial charge in [0, 0.05) is 0 Å². The number of carbonyl (C=O) groups is 4. The molecule has 0 heterocycles. The van der Waals surface area contributed by atoms with Crippen molar-refractivity contribution in [3.05, 3.63) is 48.6 Å². The monoisotopic (exact) mass is 426 g/mol. The fraction of sp³-hybridized carbons (Fsp3) is 0.400. The first-order valence-corrected chi connectivity index (χ1v) is 10.3. The molecular weight excluding hydrogens is 400 g/mol. The lowest BCUT2D eigenvalue weighted by molar-refractivity contribution is -0.130. The third kappa shape index (κ3) is 7.01. The molecular formula is C20H26O6S2. The second kappa shape index (κ2) is 10.2. The average molecular weight is 427 g/mol. The number of hydrogen-bond acceptors (Lipinski definition) is 8. The highest BCUT2D eigenvalue weighted by atomic mass is 33.1. The predicted molar refractivity (Wildman–Crippen MR) is 114 cm³/mol. The standard InChI is InChI=1S/C20H26O6S2/c1-11(2)15(21)9-19(25,17(23)13(5)6)27-28-20(26,18(24)14(7)8)10-16(22)12(3)4/h25-26H,1,3,5,7,9-10H2,2,4,6,8H3. The summed E-state index contributed by atoms with van der Waals surface area (Å²) in [5, 5.41) is 21.6. The largest absolute Gasteiger partial charge is 0.371 e. The SMILES string of the molecule is C=C(C)C(=O)CC(O)(SSC(O)(CC(=O)C(=C)C)C(=O)C(=C)C)C(=O)C(=C)C. The van der Waals surface area contributed by atoms with Gasteiger partial charge in [-0.15, -0.1) is 0 Å². The first-order chi connectivity index (χ1) is 12.6. The van der Waals surface area contributed by atoms with Crippen LogP contribution in [0.15, 0.2) is 48.6 Å². The minimum atomic E-state index is -2.30. The molecule has 0 amide bonds. The van der Waals surface area contributed by atoms with Gasteiger partial charge in [0.05, 0.1) is 12.8 Å². The van der Waals surface area contributed by atoms with E-state index in [4.69, 9.17) is 0 Å². The maximum atomic E-state index is 12.4. The van der Waals surface area contributed by atoms with Crippen molar-refractivity contribution >= 4 is 44.7 Å².